The molecule has 0 radical (unpaired) electrons. The minimum absolute atomic E-state index is 0.0237. The highest BCUT2D eigenvalue weighted by atomic mass is 32.2. The number of nitrogens with zero attached hydrogens (tertiary/aromatic N) is 6. The highest BCUT2D eigenvalue weighted by molar-refractivity contribution is 7.92. The first-order valence-electron chi connectivity index (χ1n) is 27.8. The van der Waals surface area contributed by atoms with E-state index >= 15 is 0 Å². The van der Waals surface area contributed by atoms with E-state index in [-0.39, 0.29) is 74.0 Å². The van der Waals surface area contributed by atoms with Gasteiger partial charge in [0.05, 0.1) is 48.1 Å². The Morgan fingerprint density at radius 3 is 1.69 bits per heavy atom. The van der Waals surface area contributed by atoms with E-state index in [1.165, 1.54) is 69.4 Å². The summed E-state index contributed by atoms with van der Waals surface area (Å²) in [5.74, 6) is -0.0543. The standard InChI is InChI=1S/C25H27N5O3S.C24H25N5O3S/c1-4-27-14-17-5-7-18(8-6-17)21-13-23(33-30-21)24-25(26)28-15-22(29-24)19-9-11-20(12-10-19)34(31,32)16(2)3;1-15(2)33(30,31)19-10-8-18(9-11-19)21-14-27-24(25)23(28-21)22-12-20(29-32-22)17-6-4-16(5-7-17)13-26-3/h5-13,15-16,27H,4,14H2,1-3H3,(H2,26,28);4-12,14-15,26H,13H2,1-3H3,(H2,25,27)/i2D3,3D3,4D2,9D,13D,14D2,16D;8D,13D,15D. The van der Waals surface area contributed by atoms with Crippen LogP contribution in [0.4, 0.5) is 11.6 Å². The van der Waals surface area contributed by atoms with E-state index in [9.17, 15) is 16.8 Å². The fourth-order valence-electron chi connectivity index (χ4n) is 5.99. The van der Waals surface area contributed by atoms with E-state index in [0.717, 1.165) is 29.5 Å². The molecule has 67 heavy (non-hydrogen) atoms. The van der Waals surface area contributed by atoms with Gasteiger partial charge >= 0.3 is 0 Å². The lowest BCUT2D eigenvalue weighted by molar-refractivity contribution is 0.433. The monoisotopic (exact) mass is 956 g/mol. The van der Waals surface area contributed by atoms with Crippen LogP contribution in [0.15, 0.2) is 140 Å². The van der Waals surface area contributed by atoms with Gasteiger partial charge in [-0.05, 0) is 76.5 Å². The second kappa shape index (κ2) is 20.6. The van der Waals surface area contributed by atoms with Crippen molar-refractivity contribution in [3.63, 3.8) is 0 Å². The number of hydrogen-bond donors (Lipinski definition) is 4. The molecule has 0 bridgehead atoms. The normalized spacial score (nSPS) is 16.8. The molecule has 0 saturated heterocycles. The van der Waals surface area contributed by atoms with Crippen LogP contribution in [0.3, 0.4) is 0 Å². The first-order valence-corrected chi connectivity index (χ1v) is 22.7. The molecular weight excluding hydrogens is 889 g/mol. The number of benzene rings is 4. The van der Waals surface area contributed by atoms with Gasteiger partial charge < -0.3 is 31.1 Å². The summed E-state index contributed by atoms with van der Waals surface area (Å²) in [7, 11) is -7.59. The summed E-state index contributed by atoms with van der Waals surface area (Å²) in [5.41, 5.74) is 15.3. The van der Waals surface area contributed by atoms with Gasteiger partial charge in [-0.25, -0.2) is 36.8 Å². The van der Waals surface area contributed by atoms with Gasteiger partial charge in [0.15, 0.2) is 54.2 Å². The molecule has 16 nitrogen and oxygen atoms in total. The van der Waals surface area contributed by atoms with Crippen LogP contribution in [0.2, 0.25) is 0 Å². The van der Waals surface area contributed by atoms with Gasteiger partial charge in [-0.2, -0.15) is 0 Å². The maximum Gasteiger partial charge on any atom is 0.189 e. The van der Waals surface area contributed by atoms with Gasteiger partial charge in [-0.3, -0.25) is 0 Å². The maximum atomic E-state index is 13.2. The zero-order chi connectivity index (χ0) is 61.8. The number of aromatic nitrogens is 6. The van der Waals surface area contributed by atoms with Crippen LogP contribution >= 0.6 is 0 Å². The number of rotatable bonds is 15. The van der Waals surface area contributed by atoms with Crippen LogP contribution in [-0.2, 0) is 32.7 Å². The van der Waals surface area contributed by atoms with E-state index in [4.69, 9.17) is 42.4 Å². The van der Waals surface area contributed by atoms with Gasteiger partial charge in [-0.15, -0.1) is 0 Å². The summed E-state index contributed by atoms with van der Waals surface area (Å²) in [6.07, 6.45) is 2.53. The number of nitrogens with one attached hydrogen (secondary N) is 2. The fraction of sp³-hybridized carbons (Fsp3) is 0.224. The topological polar surface area (TPSA) is 248 Å². The Labute approximate surface area is 412 Å². The minimum atomic E-state index is -5.37. The van der Waals surface area contributed by atoms with Gasteiger partial charge in [0.1, 0.15) is 11.4 Å². The molecule has 0 fully saturated rings. The summed E-state index contributed by atoms with van der Waals surface area (Å²) in [4.78, 5) is 16.0. The molecule has 0 aliphatic heterocycles. The molecule has 4 aromatic carbocycles. The SMILES string of the molecule is [2H]c1cc(S(=O)(=O)C([2H])(C([2H])([2H])[2H])C([2H])([2H])[2H])ccc1-c1cnc(N)c(-c2onc(-c3ccc(C([2H])([2H])NC([2H])([2H])C)cc3)c2[2H])n1.[2H]c1cc(S(=O)(=O)C([2H])(C)C)ccc1-c1cnc(N)c(-c2cc(-c3ccc(C([2H])NC)cc3)no2)n1. The number of hydrogen-bond acceptors (Lipinski definition) is 16. The lowest BCUT2D eigenvalue weighted by Gasteiger charge is -2.09. The highest BCUT2D eigenvalue weighted by Gasteiger charge is 2.22. The zero-order valence-electron chi connectivity index (χ0n) is 52.0. The van der Waals surface area contributed by atoms with Gasteiger partial charge in [0, 0.05) is 65.2 Å². The molecule has 0 saturated carbocycles. The first kappa shape index (κ1) is 31.0. The van der Waals surface area contributed by atoms with Crippen molar-refractivity contribution < 1.29 is 47.8 Å². The van der Waals surface area contributed by atoms with E-state index < -0.39 is 74.3 Å². The van der Waals surface area contributed by atoms with Crippen molar-refractivity contribution in [1.29, 1.82) is 0 Å². The second-order valence-electron chi connectivity index (χ2n) is 14.3. The molecule has 4 aromatic heterocycles. The largest absolute Gasteiger partial charge is 0.382 e. The summed E-state index contributed by atoms with van der Waals surface area (Å²) >= 11 is 0. The quantitative estimate of drug-likeness (QED) is 0.0754. The van der Waals surface area contributed by atoms with Crippen LogP contribution in [-0.4, -0.2) is 71.1 Å². The van der Waals surface area contributed by atoms with Crippen LogP contribution in [0.5, 0.6) is 0 Å². The van der Waals surface area contributed by atoms with Crippen molar-refractivity contribution in [2.24, 2.45) is 0 Å². The predicted octanol–water partition coefficient (Wildman–Crippen LogP) is 8.29. The Morgan fingerprint density at radius 1 is 0.672 bits per heavy atom. The highest BCUT2D eigenvalue weighted by Crippen LogP contribution is 2.32. The first-order chi connectivity index (χ1) is 38.2. The molecule has 1 atom stereocenters. The molecule has 8 rings (SSSR count). The third-order valence-corrected chi connectivity index (χ3v) is 12.9. The predicted molar refractivity (Wildman–Crippen MR) is 260 cm³/mol. The lowest BCUT2D eigenvalue weighted by atomic mass is 10.1. The molecule has 18 heteroatoms. The van der Waals surface area contributed by atoms with Crippen molar-refractivity contribution in [3.05, 3.63) is 133 Å². The minimum Gasteiger partial charge on any atom is -0.382 e. The third kappa shape index (κ3) is 11.0. The molecule has 0 aliphatic carbocycles. The van der Waals surface area contributed by atoms with Gasteiger partial charge in [0.25, 0.3) is 0 Å². The summed E-state index contributed by atoms with van der Waals surface area (Å²) in [6.45, 7) is -8.53. The van der Waals surface area contributed by atoms with Crippen molar-refractivity contribution in [3.8, 4) is 67.9 Å². The smallest absolute Gasteiger partial charge is 0.189 e. The molecule has 346 valence electrons. The fourth-order valence-corrected chi connectivity index (χ4v) is 7.62. The zero-order valence-corrected chi connectivity index (χ0v) is 37.6. The Bertz CT molecular complexity index is 3930. The van der Waals surface area contributed by atoms with E-state index in [2.05, 4.69) is 40.9 Å². The van der Waals surface area contributed by atoms with E-state index in [1.54, 1.807) is 13.1 Å². The van der Waals surface area contributed by atoms with Crippen LogP contribution in [0, 0.1) is 0 Å². The van der Waals surface area contributed by atoms with Gasteiger partial charge in [-0.1, -0.05) is 90.0 Å². The Morgan fingerprint density at radius 2 is 1.16 bits per heavy atom. The third-order valence-electron chi connectivity index (χ3n) is 9.58. The van der Waals surface area contributed by atoms with Gasteiger partial charge in [0.2, 0.25) is 0 Å². The number of nitrogen functional groups attached to an aromatic ring is 2. The van der Waals surface area contributed by atoms with Crippen LogP contribution < -0.4 is 22.1 Å². The van der Waals surface area contributed by atoms with Crippen molar-refractivity contribution in [2.45, 2.75) is 67.7 Å². The van der Waals surface area contributed by atoms with Crippen molar-refractivity contribution in [1.82, 2.24) is 40.9 Å². The average Bonchev–Trinajstić information content (AvgIpc) is 2.50. The number of nitrogens with two attached hydrogens (primary N) is 2. The second-order valence-corrected chi connectivity index (χ2v) is 18.5. The molecule has 0 amide bonds. The summed E-state index contributed by atoms with van der Waals surface area (Å²) in [5, 5.41) is 7.44. The molecule has 1 unspecified atom stereocenters. The number of anilines is 2. The molecule has 8 aromatic rings. The Kier molecular flexibility index (Phi) is 9.52. The van der Waals surface area contributed by atoms with Crippen LogP contribution in [0.25, 0.3) is 67.9 Å². The van der Waals surface area contributed by atoms with E-state index in [0.29, 0.717) is 28.6 Å². The molecule has 0 spiro atoms. The Balaban J connectivity index is 0.000000247. The number of sulfone groups is 2. The molecule has 6 N–H and O–H groups in total. The lowest BCUT2D eigenvalue weighted by Crippen LogP contribution is -2.13. The maximum absolute atomic E-state index is 13.2. The summed E-state index contributed by atoms with van der Waals surface area (Å²) in [6, 6.07) is 20.4. The summed E-state index contributed by atoms with van der Waals surface area (Å²) < 4.78 is 188. The molecule has 4 heterocycles. The van der Waals surface area contributed by atoms with E-state index in [1.807, 2.05) is 24.3 Å². The Hall–Kier alpha value is -7.12. The van der Waals surface area contributed by atoms with Crippen molar-refractivity contribution in [2.75, 3.05) is 25.0 Å². The molecular formula is C49H52N10O6S2. The van der Waals surface area contributed by atoms with Crippen molar-refractivity contribution >= 4 is 31.3 Å². The average molecular weight is 957 g/mol. The van der Waals surface area contributed by atoms with Crippen LogP contribution in [0.1, 0.15) is 67.5 Å². The molecule has 0 aliphatic rings.